The molecule has 1 aromatic carbocycles. The quantitative estimate of drug-likeness (QED) is 0.730. The number of thiazole rings is 1. The molecule has 1 aromatic heterocycles. The van der Waals surface area contributed by atoms with Crippen molar-refractivity contribution in [3.05, 3.63) is 29.3 Å². The molecule has 0 saturated heterocycles. The molecule has 0 atom stereocenters. The van der Waals surface area contributed by atoms with Gasteiger partial charge in [0.15, 0.2) is 0 Å². The van der Waals surface area contributed by atoms with Crippen LogP contribution in [-0.4, -0.2) is 11.2 Å². The van der Waals surface area contributed by atoms with Gasteiger partial charge in [-0.05, 0) is 24.0 Å². The Hall–Kier alpha value is -0.540. The lowest BCUT2D eigenvalue weighted by Gasteiger charge is -1.96. The number of hydrogen-bond acceptors (Lipinski definition) is 3. The summed E-state index contributed by atoms with van der Waals surface area (Å²) in [6, 6.07) is 6.50. The van der Waals surface area contributed by atoms with E-state index >= 15 is 0 Å². The summed E-state index contributed by atoms with van der Waals surface area (Å²) in [5.74, 6) is 1.08. The van der Waals surface area contributed by atoms with Crippen LogP contribution in [0.25, 0.3) is 10.2 Å². The van der Waals surface area contributed by atoms with Gasteiger partial charge in [0.1, 0.15) is 0 Å². The van der Waals surface area contributed by atoms with E-state index in [2.05, 4.69) is 29.4 Å². The Morgan fingerprint density at radius 1 is 1.50 bits per heavy atom. The van der Waals surface area contributed by atoms with Crippen molar-refractivity contribution in [2.75, 3.05) is 6.26 Å². The highest BCUT2D eigenvalue weighted by Crippen LogP contribution is 2.20. The molecule has 2 rings (SSSR count). The minimum atomic E-state index is 1.08. The number of benzene rings is 1. The van der Waals surface area contributed by atoms with Crippen LogP contribution in [0.1, 0.15) is 5.56 Å². The summed E-state index contributed by atoms with van der Waals surface area (Å²) in [6.45, 7) is 0. The molecule has 0 saturated carbocycles. The Morgan fingerprint density at radius 2 is 2.42 bits per heavy atom. The first kappa shape index (κ1) is 8.08. The Bertz CT molecular complexity index is 381. The van der Waals surface area contributed by atoms with Gasteiger partial charge in [0.05, 0.1) is 15.7 Å². The predicted molar refractivity (Wildman–Crippen MR) is 56.8 cm³/mol. The number of aromatic nitrogens is 1. The minimum Gasteiger partial charge on any atom is -0.245 e. The molecule has 0 bridgehead atoms. The van der Waals surface area contributed by atoms with Gasteiger partial charge >= 0.3 is 0 Å². The summed E-state index contributed by atoms with van der Waals surface area (Å²) < 4.78 is 1.28. The van der Waals surface area contributed by atoms with Crippen molar-refractivity contribution in [2.45, 2.75) is 5.75 Å². The van der Waals surface area contributed by atoms with Crippen LogP contribution in [0, 0.1) is 0 Å². The van der Waals surface area contributed by atoms with E-state index in [9.17, 15) is 0 Å². The van der Waals surface area contributed by atoms with Gasteiger partial charge in [0, 0.05) is 5.75 Å². The molecule has 2 aromatic rings. The van der Waals surface area contributed by atoms with Crippen LogP contribution in [0.3, 0.4) is 0 Å². The standard InChI is InChI=1S/C9H9NS2/c1-11-5-7-2-3-9-8(4-7)10-6-12-9/h2-4,6H,5H2,1H3. The Balaban J connectivity index is 2.46. The monoisotopic (exact) mass is 195 g/mol. The highest BCUT2D eigenvalue weighted by Gasteiger charge is 1.97. The average molecular weight is 195 g/mol. The van der Waals surface area contributed by atoms with Crippen molar-refractivity contribution in [1.29, 1.82) is 0 Å². The van der Waals surface area contributed by atoms with Crippen molar-refractivity contribution < 1.29 is 0 Å². The van der Waals surface area contributed by atoms with Crippen LogP contribution in [0.4, 0.5) is 0 Å². The summed E-state index contributed by atoms with van der Waals surface area (Å²) in [5, 5.41) is 0. The molecule has 0 spiro atoms. The molecule has 0 N–H and O–H groups in total. The first-order valence-corrected chi connectivity index (χ1v) is 5.98. The molecule has 0 aliphatic heterocycles. The van der Waals surface area contributed by atoms with Crippen molar-refractivity contribution in [3.63, 3.8) is 0 Å². The molecule has 62 valence electrons. The molecule has 1 nitrogen and oxygen atoms in total. The summed E-state index contributed by atoms with van der Waals surface area (Å²) in [7, 11) is 0. The molecule has 1 heterocycles. The van der Waals surface area contributed by atoms with Crippen LogP contribution in [0.15, 0.2) is 23.7 Å². The number of nitrogens with zero attached hydrogens (tertiary/aromatic N) is 1. The van der Waals surface area contributed by atoms with E-state index in [1.54, 1.807) is 11.3 Å². The Labute approximate surface area is 79.8 Å². The summed E-state index contributed by atoms with van der Waals surface area (Å²) in [6.07, 6.45) is 2.12. The van der Waals surface area contributed by atoms with E-state index in [0.29, 0.717) is 0 Å². The zero-order valence-electron chi connectivity index (χ0n) is 6.78. The van der Waals surface area contributed by atoms with Crippen LogP contribution >= 0.6 is 23.1 Å². The molecule has 0 aliphatic rings. The van der Waals surface area contributed by atoms with Crippen LogP contribution < -0.4 is 0 Å². The largest absolute Gasteiger partial charge is 0.245 e. The van der Waals surface area contributed by atoms with Crippen molar-refractivity contribution in [2.24, 2.45) is 0 Å². The average Bonchev–Trinajstić information content (AvgIpc) is 2.51. The molecule has 0 radical (unpaired) electrons. The van der Waals surface area contributed by atoms with Gasteiger partial charge in [-0.2, -0.15) is 11.8 Å². The molecule has 0 unspecified atom stereocenters. The SMILES string of the molecule is CSCc1ccc2scnc2c1. The van der Waals surface area contributed by atoms with Crippen LogP contribution in [0.2, 0.25) is 0 Å². The van der Waals surface area contributed by atoms with Crippen molar-refractivity contribution in [3.8, 4) is 0 Å². The van der Waals surface area contributed by atoms with Crippen molar-refractivity contribution in [1.82, 2.24) is 4.98 Å². The normalized spacial score (nSPS) is 10.8. The maximum absolute atomic E-state index is 4.27. The Morgan fingerprint density at radius 3 is 3.25 bits per heavy atom. The molecular formula is C9H9NS2. The molecule has 3 heteroatoms. The van der Waals surface area contributed by atoms with Gasteiger partial charge in [0.2, 0.25) is 0 Å². The van der Waals surface area contributed by atoms with Gasteiger partial charge in [-0.15, -0.1) is 11.3 Å². The summed E-state index contributed by atoms with van der Waals surface area (Å²) in [4.78, 5) is 4.27. The van der Waals surface area contributed by atoms with Gasteiger partial charge in [-0.3, -0.25) is 0 Å². The molecule has 0 amide bonds. The van der Waals surface area contributed by atoms with E-state index in [1.165, 1.54) is 10.3 Å². The third kappa shape index (κ3) is 1.47. The second kappa shape index (κ2) is 3.46. The van der Waals surface area contributed by atoms with E-state index in [1.807, 2.05) is 17.3 Å². The van der Waals surface area contributed by atoms with Crippen LogP contribution in [-0.2, 0) is 5.75 Å². The second-order valence-electron chi connectivity index (χ2n) is 2.59. The van der Waals surface area contributed by atoms with Gasteiger partial charge in [-0.1, -0.05) is 6.07 Å². The molecule has 0 aliphatic carbocycles. The lowest BCUT2D eigenvalue weighted by atomic mass is 10.2. The van der Waals surface area contributed by atoms with E-state index in [-0.39, 0.29) is 0 Å². The molecule has 12 heavy (non-hydrogen) atoms. The zero-order chi connectivity index (χ0) is 8.39. The van der Waals surface area contributed by atoms with Gasteiger partial charge in [-0.25, -0.2) is 4.98 Å². The first-order valence-electron chi connectivity index (χ1n) is 3.71. The number of fused-ring (bicyclic) bond motifs is 1. The number of thioether (sulfide) groups is 1. The summed E-state index contributed by atoms with van der Waals surface area (Å²) in [5.41, 5.74) is 4.39. The lowest BCUT2D eigenvalue weighted by molar-refractivity contribution is 1.41. The highest BCUT2D eigenvalue weighted by molar-refractivity contribution is 7.97. The van der Waals surface area contributed by atoms with E-state index in [0.717, 1.165) is 11.3 Å². The lowest BCUT2D eigenvalue weighted by Crippen LogP contribution is -1.78. The van der Waals surface area contributed by atoms with Gasteiger partial charge in [0.25, 0.3) is 0 Å². The predicted octanol–water partition coefficient (Wildman–Crippen LogP) is 3.16. The summed E-state index contributed by atoms with van der Waals surface area (Å²) >= 11 is 3.54. The third-order valence-corrected chi connectivity index (χ3v) is 3.14. The maximum atomic E-state index is 4.27. The van der Waals surface area contributed by atoms with Crippen LogP contribution in [0.5, 0.6) is 0 Å². The number of hydrogen-bond donors (Lipinski definition) is 0. The molecular weight excluding hydrogens is 186 g/mol. The first-order chi connectivity index (χ1) is 5.90. The maximum Gasteiger partial charge on any atom is 0.0815 e. The highest BCUT2D eigenvalue weighted by atomic mass is 32.2. The smallest absolute Gasteiger partial charge is 0.0815 e. The van der Waals surface area contributed by atoms with Crippen molar-refractivity contribution >= 4 is 33.3 Å². The van der Waals surface area contributed by atoms with Gasteiger partial charge < -0.3 is 0 Å². The fourth-order valence-corrected chi connectivity index (χ4v) is 2.33. The fraction of sp³-hybridized carbons (Fsp3) is 0.222. The topological polar surface area (TPSA) is 12.9 Å². The fourth-order valence-electron chi connectivity index (χ4n) is 1.16. The van der Waals surface area contributed by atoms with E-state index in [4.69, 9.17) is 0 Å². The second-order valence-corrected chi connectivity index (χ2v) is 4.34. The Kier molecular flexibility index (Phi) is 2.33. The zero-order valence-corrected chi connectivity index (χ0v) is 8.41. The molecule has 0 fully saturated rings. The number of rotatable bonds is 2. The third-order valence-electron chi connectivity index (χ3n) is 1.71. The minimum absolute atomic E-state index is 1.08. The van der Waals surface area contributed by atoms with E-state index < -0.39 is 0 Å².